The Morgan fingerprint density at radius 3 is 2.84 bits per heavy atom. The lowest BCUT2D eigenvalue weighted by molar-refractivity contribution is 0.0594. The Morgan fingerprint density at radius 1 is 1.37 bits per heavy atom. The average Bonchev–Trinajstić information content (AvgIpc) is 3.22. The van der Waals surface area contributed by atoms with E-state index in [0.717, 1.165) is 28.2 Å². The first kappa shape index (κ1) is 12.4. The Hall–Kier alpha value is -1.62. The molecular formula is C14H12BrNO3. The molecule has 0 aliphatic heterocycles. The highest BCUT2D eigenvalue weighted by Crippen LogP contribution is 2.33. The summed E-state index contributed by atoms with van der Waals surface area (Å²) in [7, 11) is 1.34. The number of ether oxygens (including phenoxy) is 2. The van der Waals surface area contributed by atoms with Gasteiger partial charge in [-0.2, -0.15) is 0 Å². The zero-order valence-electron chi connectivity index (χ0n) is 10.4. The smallest absolute Gasteiger partial charge is 0.356 e. The lowest BCUT2D eigenvalue weighted by atomic mass is 10.2. The number of fused-ring (bicyclic) bond motifs is 1. The van der Waals surface area contributed by atoms with Crippen LogP contribution in [0.1, 0.15) is 23.3 Å². The molecule has 1 heterocycles. The van der Waals surface area contributed by atoms with E-state index in [1.54, 1.807) is 6.07 Å². The van der Waals surface area contributed by atoms with Crippen molar-refractivity contribution in [1.82, 2.24) is 4.98 Å². The van der Waals surface area contributed by atoms with Gasteiger partial charge in [-0.15, -0.1) is 0 Å². The molecule has 0 unspecified atom stereocenters. The lowest BCUT2D eigenvalue weighted by Crippen LogP contribution is -2.06. The molecule has 1 saturated carbocycles. The van der Waals surface area contributed by atoms with E-state index in [1.807, 2.05) is 18.2 Å². The largest absolute Gasteiger partial charge is 0.490 e. The van der Waals surface area contributed by atoms with Gasteiger partial charge in [0.1, 0.15) is 5.75 Å². The van der Waals surface area contributed by atoms with Gasteiger partial charge in [0.05, 0.1) is 18.7 Å². The van der Waals surface area contributed by atoms with E-state index in [1.165, 1.54) is 7.11 Å². The predicted octanol–water partition coefficient (Wildman–Crippen LogP) is 3.33. The van der Waals surface area contributed by atoms with E-state index in [9.17, 15) is 4.79 Å². The van der Waals surface area contributed by atoms with Crippen LogP contribution in [0.5, 0.6) is 5.75 Å². The SMILES string of the molecule is COC(=O)c1cc(OC2CC2)c2cc(Br)ccc2n1. The highest BCUT2D eigenvalue weighted by atomic mass is 79.9. The maximum atomic E-state index is 11.6. The average molecular weight is 322 g/mol. The third kappa shape index (κ3) is 2.56. The zero-order chi connectivity index (χ0) is 13.4. The maximum absolute atomic E-state index is 11.6. The molecule has 3 rings (SSSR count). The minimum absolute atomic E-state index is 0.259. The second-order valence-electron chi connectivity index (χ2n) is 4.48. The standard InChI is InChI=1S/C14H12BrNO3/c1-18-14(17)12-7-13(19-9-3-4-9)10-6-8(15)2-5-11(10)16-12/h2,5-7,9H,3-4H2,1H3. The molecule has 0 saturated heterocycles. The molecule has 1 fully saturated rings. The number of nitrogens with zero attached hydrogens (tertiary/aromatic N) is 1. The molecule has 2 aromatic rings. The summed E-state index contributed by atoms with van der Waals surface area (Å²) in [4.78, 5) is 15.9. The van der Waals surface area contributed by atoms with Gasteiger partial charge in [-0.25, -0.2) is 9.78 Å². The second kappa shape index (κ2) is 4.81. The second-order valence-corrected chi connectivity index (χ2v) is 5.39. The van der Waals surface area contributed by atoms with Crippen molar-refractivity contribution >= 4 is 32.8 Å². The normalized spacial score (nSPS) is 14.4. The molecule has 0 N–H and O–H groups in total. The number of halogens is 1. The molecule has 0 spiro atoms. The molecule has 0 radical (unpaired) electrons. The molecule has 98 valence electrons. The Morgan fingerprint density at radius 2 is 2.16 bits per heavy atom. The van der Waals surface area contributed by atoms with Crippen molar-refractivity contribution in [2.75, 3.05) is 7.11 Å². The minimum Gasteiger partial charge on any atom is -0.490 e. The van der Waals surface area contributed by atoms with Crippen LogP contribution in [0.25, 0.3) is 10.9 Å². The van der Waals surface area contributed by atoms with Crippen molar-refractivity contribution in [3.05, 3.63) is 34.4 Å². The van der Waals surface area contributed by atoms with Gasteiger partial charge in [0, 0.05) is 15.9 Å². The van der Waals surface area contributed by atoms with Crippen LogP contribution < -0.4 is 4.74 Å². The quantitative estimate of drug-likeness (QED) is 0.814. The summed E-state index contributed by atoms with van der Waals surface area (Å²) in [5.74, 6) is 0.236. The van der Waals surface area contributed by atoms with Crippen LogP contribution in [0.15, 0.2) is 28.7 Å². The monoisotopic (exact) mass is 321 g/mol. The van der Waals surface area contributed by atoms with Gasteiger partial charge in [-0.3, -0.25) is 0 Å². The zero-order valence-corrected chi connectivity index (χ0v) is 11.9. The van der Waals surface area contributed by atoms with Gasteiger partial charge < -0.3 is 9.47 Å². The van der Waals surface area contributed by atoms with E-state index in [4.69, 9.17) is 9.47 Å². The molecule has 1 aliphatic rings. The summed E-state index contributed by atoms with van der Waals surface area (Å²) in [6.45, 7) is 0. The first-order valence-electron chi connectivity index (χ1n) is 6.02. The molecule has 0 amide bonds. The Bertz CT molecular complexity index is 652. The molecule has 1 aliphatic carbocycles. The number of hydrogen-bond acceptors (Lipinski definition) is 4. The molecule has 1 aromatic carbocycles. The van der Waals surface area contributed by atoms with Crippen LogP contribution in [-0.2, 0) is 4.74 Å². The predicted molar refractivity (Wildman–Crippen MR) is 74.4 cm³/mol. The molecule has 5 heteroatoms. The fourth-order valence-corrected chi connectivity index (χ4v) is 2.20. The molecule has 0 bridgehead atoms. The lowest BCUT2D eigenvalue weighted by Gasteiger charge is -2.10. The van der Waals surface area contributed by atoms with Crippen LogP contribution in [0.2, 0.25) is 0 Å². The van der Waals surface area contributed by atoms with Crippen molar-refractivity contribution in [2.24, 2.45) is 0 Å². The van der Waals surface area contributed by atoms with E-state index < -0.39 is 5.97 Å². The molecule has 19 heavy (non-hydrogen) atoms. The minimum atomic E-state index is -0.453. The van der Waals surface area contributed by atoms with Gasteiger partial charge in [-0.05, 0) is 31.0 Å². The van der Waals surface area contributed by atoms with Gasteiger partial charge in [-0.1, -0.05) is 15.9 Å². The Balaban J connectivity index is 2.15. The summed E-state index contributed by atoms with van der Waals surface area (Å²) < 4.78 is 11.5. The van der Waals surface area contributed by atoms with Crippen molar-refractivity contribution in [1.29, 1.82) is 0 Å². The number of carbonyl (C=O) groups excluding carboxylic acids is 1. The summed E-state index contributed by atoms with van der Waals surface area (Å²) >= 11 is 3.43. The first-order valence-corrected chi connectivity index (χ1v) is 6.82. The number of carbonyl (C=O) groups is 1. The topological polar surface area (TPSA) is 48.4 Å². The van der Waals surface area contributed by atoms with Crippen LogP contribution in [0.3, 0.4) is 0 Å². The van der Waals surface area contributed by atoms with Gasteiger partial charge >= 0.3 is 5.97 Å². The number of esters is 1. The van der Waals surface area contributed by atoms with E-state index >= 15 is 0 Å². The number of pyridine rings is 1. The molecule has 1 aromatic heterocycles. The summed E-state index contributed by atoms with van der Waals surface area (Å²) in [5, 5.41) is 0.897. The maximum Gasteiger partial charge on any atom is 0.356 e. The van der Waals surface area contributed by atoms with Crippen LogP contribution in [0.4, 0.5) is 0 Å². The number of rotatable bonds is 3. The van der Waals surface area contributed by atoms with E-state index in [-0.39, 0.29) is 11.8 Å². The molecular weight excluding hydrogens is 310 g/mol. The van der Waals surface area contributed by atoms with E-state index in [2.05, 4.69) is 20.9 Å². The van der Waals surface area contributed by atoms with Crippen molar-refractivity contribution in [3.63, 3.8) is 0 Å². The van der Waals surface area contributed by atoms with Crippen LogP contribution >= 0.6 is 15.9 Å². The summed E-state index contributed by atoms with van der Waals surface area (Å²) in [6, 6.07) is 7.34. The Labute approximate surface area is 118 Å². The fraction of sp³-hybridized carbons (Fsp3) is 0.286. The number of hydrogen-bond donors (Lipinski definition) is 0. The highest BCUT2D eigenvalue weighted by molar-refractivity contribution is 9.10. The van der Waals surface area contributed by atoms with Crippen molar-refractivity contribution in [3.8, 4) is 5.75 Å². The van der Waals surface area contributed by atoms with Crippen LogP contribution in [-0.4, -0.2) is 24.2 Å². The van der Waals surface area contributed by atoms with Gasteiger partial charge in [0.15, 0.2) is 5.69 Å². The summed E-state index contributed by atoms with van der Waals surface area (Å²) in [5.41, 5.74) is 0.995. The number of aromatic nitrogens is 1. The molecule has 4 nitrogen and oxygen atoms in total. The van der Waals surface area contributed by atoms with Crippen molar-refractivity contribution in [2.45, 2.75) is 18.9 Å². The van der Waals surface area contributed by atoms with E-state index in [0.29, 0.717) is 5.75 Å². The molecule has 0 atom stereocenters. The van der Waals surface area contributed by atoms with Gasteiger partial charge in [0.25, 0.3) is 0 Å². The third-order valence-electron chi connectivity index (χ3n) is 2.95. The van der Waals surface area contributed by atoms with Gasteiger partial charge in [0.2, 0.25) is 0 Å². The van der Waals surface area contributed by atoms with Crippen molar-refractivity contribution < 1.29 is 14.3 Å². The summed E-state index contributed by atoms with van der Waals surface area (Å²) in [6.07, 6.45) is 2.38. The number of methoxy groups -OCH3 is 1. The first-order chi connectivity index (χ1) is 9.17. The Kier molecular flexibility index (Phi) is 3.14. The fourth-order valence-electron chi connectivity index (χ4n) is 1.84. The number of benzene rings is 1. The van der Waals surface area contributed by atoms with Crippen LogP contribution in [0, 0.1) is 0 Å². The third-order valence-corrected chi connectivity index (χ3v) is 3.44. The highest BCUT2D eigenvalue weighted by Gasteiger charge is 2.25.